The van der Waals surface area contributed by atoms with Gasteiger partial charge in [0.15, 0.2) is 10.6 Å². The number of H-pyrrole nitrogens is 1. The topological polar surface area (TPSA) is 97.0 Å². The SMILES string of the molecule is Cc1ccc(-c2n[nH]c(=S)n2CC(=O)N(CCC(N)=O)Cc2ccccc2)cc1. The standard InChI is InChI=1S/C21H23N5O2S/c1-15-7-9-17(10-8-15)20-23-24-21(29)26(20)14-19(28)25(12-11-18(22)27)13-16-5-3-2-4-6-16/h2-10H,11-14H2,1H3,(H2,22,27)(H,24,29). The van der Waals surface area contributed by atoms with Gasteiger partial charge in [-0.3, -0.25) is 19.3 Å². The summed E-state index contributed by atoms with van der Waals surface area (Å²) < 4.78 is 2.04. The van der Waals surface area contributed by atoms with Crippen molar-refractivity contribution in [2.75, 3.05) is 6.54 Å². The number of hydrogen-bond acceptors (Lipinski definition) is 4. The molecule has 1 aromatic heterocycles. The third-order valence-electron chi connectivity index (χ3n) is 4.56. The molecule has 8 heteroatoms. The average molecular weight is 410 g/mol. The van der Waals surface area contributed by atoms with E-state index in [-0.39, 0.29) is 25.4 Å². The highest BCUT2D eigenvalue weighted by molar-refractivity contribution is 7.71. The number of amides is 2. The number of carbonyl (C=O) groups is 2. The zero-order chi connectivity index (χ0) is 20.8. The highest BCUT2D eigenvalue weighted by Crippen LogP contribution is 2.18. The fourth-order valence-corrected chi connectivity index (χ4v) is 3.16. The first-order valence-electron chi connectivity index (χ1n) is 9.26. The van der Waals surface area contributed by atoms with E-state index in [0.717, 1.165) is 16.7 Å². The largest absolute Gasteiger partial charge is 0.370 e. The summed E-state index contributed by atoms with van der Waals surface area (Å²) in [5.41, 5.74) is 8.26. The van der Waals surface area contributed by atoms with E-state index >= 15 is 0 Å². The third-order valence-corrected chi connectivity index (χ3v) is 4.87. The number of hydrogen-bond donors (Lipinski definition) is 2. The van der Waals surface area contributed by atoms with Crippen LogP contribution < -0.4 is 5.73 Å². The van der Waals surface area contributed by atoms with Crippen molar-refractivity contribution in [3.63, 3.8) is 0 Å². The summed E-state index contributed by atoms with van der Waals surface area (Å²) in [7, 11) is 0. The molecule has 0 aliphatic carbocycles. The molecule has 150 valence electrons. The molecule has 3 N–H and O–H groups in total. The summed E-state index contributed by atoms with van der Waals surface area (Å²) in [4.78, 5) is 26.0. The second kappa shape index (κ2) is 9.29. The molecule has 0 radical (unpaired) electrons. The average Bonchev–Trinajstić information content (AvgIpc) is 3.06. The normalized spacial score (nSPS) is 10.7. The van der Waals surface area contributed by atoms with Gasteiger partial charge in [0, 0.05) is 25.1 Å². The Hall–Kier alpha value is -3.26. The van der Waals surface area contributed by atoms with Gasteiger partial charge in [0.2, 0.25) is 11.8 Å². The molecule has 3 aromatic rings. The molecule has 0 unspecified atom stereocenters. The fourth-order valence-electron chi connectivity index (χ4n) is 2.96. The number of nitrogens with zero attached hydrogens (tertiary/aromatic N) is 3. The van der Waals surface area contributed by atoms with Crippen molar-refractivity contribution in [1.29, 1.82) is 0 Å². The van der Waals surface area contributed by atoms with Crippen LogP contribution in [0.15, 0.2) is 54.6 Å². The molecule has 2 amide bonds. The van der Waals surface area contributed by atoms with Gasteiger partial charge >= 0.3 is 0 Å². The number of nitrogens with two attached hydrogens (primary N) is 1. The van der Waals surface area contributed by atoms with E-state index in [4.69, 9.17) is 18.0 Å². The van der Waals surface area contributed by atoms with E-state index in [1.165, 1.54) is 0 Å². The van der Waals surface area contributed by atoms with Gasteiger partial charge in [-0.2, -0.15) is 5.10 Å². The summed E-state index contributed by atoms with van der Waals surface area (Å²) in [6.45, 7) is 2.65. The molecular formula is C21H23N5O2S. The van der Waals surface area contributed by atoms with Crippen LogP contribution in [0.1, 0.15) is 17.5 Å². The van der Waals surface area contributed by atoms with Gasteiger partial charge in [-0.25, -0.2) is 0 Å². The Labute approximate surface area is 174 Å². The van der Waals surface area contributed by atoms with Crippen LogP contribution >= 0.6 is 12.2 Å². The quantitative estimate of drug-likeness (QED) is 0.559. The van der Waals surface area contributed by atoms with Crippen LogP contribution in [0.3, 0.4) is 0 Å². The van der Waals surface area contributed by atoms with E-state index in [1.54, 1.807) is 9.47 Å². The number of carbonyl (C=O) groups excluding carboxylic acids is 2. The first-order valence-corrected chi connectivity index (χ1v) is 9.67. The number of rotatable bonds is 8. The Kier molecular flexibility index (Phi) is 6.56. The number of aryl methyl sites for hydroxylation is 1. The predicted molar refractivity (Wildman–Crippen MR) is 113 cm³/mol. The first kappa shape index (κ1) is 20.5. The van der Waals surface area contributed by atoms with Crippen LogP contribution in [-0.2, 0) is 22.7 Å². The van der Waals surface area contributed by atoms with Gasteiger partial charge in [-0.1, -0.05) is 60.2 Å². The molecule has 0 atom stereocenters. The number of aromatic amines is 1. The fraction of sp³-hybridized carbons (Fsp3) is 0.238. The van der Waals surface area contributed by atoms with E-state index in [9.17, 15) is 9.59 Å². The lowest BCUT2D eigenvalue weighted by molar-refractivity contribution is -0.133. The van der Waals surface area contributed by atoms with Crippen LogP contribution in [0.25, 0.3) is 11.4 Å². The number of benzene rings is 2. The first-order chi connectivity index (χ1) is 13.9. The Balaban J connectivity index is 1.83. The highest BCUT2D eigenvalue weighted by atomic mass is 32.1. The minimum atomic E-state index is -0.448. The number of primary amides is 1. The minimum Gasteiger partial charge on any atom is -0.370 e. The van der Waals surface area contributed by atoms with Crippen molar-refractivity contribution in [1.82, 2.24) is 19.7 Å². The Morgan fingerprint density at radius 3 is 2.48 bits per heavy atom. The zero-order valence-corrected chi connectivity index (χ0v) is 17.0. The smallest absolute Gasteiger partial charge is 0.242 e. The van der Waals surface area contributed by atoms with Crippen LogP contribution in [-0.4, -0.2) is 38.0 Å². The highest BCUT2D eigenvalue weighted by Gasteiger charge is 2.18. The third kappa shape index (κ3) is 5.39. The van der Waals surface area contributed by atoms with Gasteiger partial charge < -0.3 is 10.6 Å². The maximum absolute atomic E-state index is 13.1. The maximum atomic E-state index is 13.1. The van der Waals surface area contributed by atoms with Gasteiger partial charge in [0.05, 0.1) is 0 Å². The van der Waals surface area contributed by atoms with Crippen molar-refractivity contribution in [2.24, 2.45) is 5.73 Å². The molecule has 1 heterocycles. The van der Waals surface area contributed by atoms with Crippen molar-refractivity contribution in [3.05, 3.63) is 70.5 Å². The van der Waals surface area contributed by atoms with E-state index in [2.05, 4.69) is 10.2 Å². The molecule has 3 rings (SSSR count). The van der Waals surface area contributed by atoms with Crippen LogP contribution in [0.4, 0.5) is 0 Å². The summed E-state index contributed by atoms with van der Waals surface area (Å²) in [5.74, 6) is -0.0185. The predicted octanol–water partition coefficient (Wildman–Crippen LogP) is 2.82. The molecule has 2 aromatic carbocycles. The summed E-state index contributed by atoms with van der Waals surface area (Å²) >= 11 is 5.34. The van der Waals surface area contributed by atoms with Crippen molar-refractivity contribution >= 4 is 24.0 Å². The molecule has 0 spiro atoms. The molecule has 0 fully saturated rings. The van der Waals surface area contributed by atoms with Gasteiger partial charge in [-0.05, 0) is 24.7 Å². The summed E-state index contributed by atoms with van der Waals surface area (Å²) in [6.07, 6.45) is 0.0974. The Morgan fingerprint density at radius 1 is 1.14 bits per heavy atom. The molecule has 0 saturated heterocycles. The number of aromatic nitrogens is 3. The van der Waals surface area contributed by atoms with Gasteiger partial charge in [-0.15, -0.1) is 0 Å². The molecule has 0 saturated carbocycles. The lowest BCUT2D eigenvalue weighted by Crippen LogP contribution is -2.36. The lowest BCUT2D eigenvalue weighted by Gasteiger charge is -2.23. The van der Waals surface area contributed by atoms with Crippen molar-refractivity contribution in [2.45, 2.75) is 26.4 Å². The zero-order valence-electron chi connectivity index (χ0n) is 16.2. The van der Waals surface area contributed by atoms with E-state index in [1.807, 2.05) is 61.5 Å². The monoisotopic (exact) mass is 409 g/mol. The number of nitrogens with one attached hydrogen (secondary N) is 1. The Bertz CT molecular complexity index is 1040. The second-order valence-electron chi connectivity index (χ2n) is 6.82. The van der Waals surface area contributed by atoms with Crippen LogP contribution in [0.5, 0.6) is 0 Å². The van der Waals surface area contributed by atoms with Crippen LogP contribution in [0, 0.1) is 11.7 Å². The Morgan fingerprint density at radius 2 is 1.83 bits per heavy atom. The molecule has 0 aliphatic heterocycles. The van der Waals surface area contributed by atoms with E-state index in [0.29, 0.717) is 17.1 Å². The molecule has 0 bridgehead atoms. The van der Waals surface area contributed by atoms with Gasteiger partial charge in [0.1, 0.15) is 6.54 Å². The van der Waals surface area contributed by atoms with Crippen molar-refractivity contribution < 1.29 is 9.59 Å². The molecular weight excluding hydrogens is 386 g/mol. The minimum absolute atomic E-state index is 0.0180. The van der Waals surface area contributed by atoms with Crippen molar-refractivity contribution in [3.8, 4) is 11.4 Å². The lowest BCUT2D eigenvalue weighted by atomic mass is 10.1. The summed E-state index contributed by atoms with van der Waals surface area (Å²) in [5, 5.41) is 7.05. The van der Waals surface area contributed by atoms with Gasteiger partial charge in [0.25, 0.3) is 0 Å². The molecule has 0 aliphatic rings. The molecule has 29 heavy (non-hydrogen) atoms. The summed E-state index contributed by atoms with van der Waals surface area (Å²) in [6, 6.07) is 17.4. The maximum Gasteiger partial charge on any atom is 0.242 e. The second-order valence-corrected chi connectivity index (χ2v) is 7.21. The van der Waals surface area contributed by atoms with Crippen LogP contribution in [0.2, 0.25) is 0 Å². The van der Waals surface area contributed by atoms with E-state index < -0.39 is 5.91 Å². The molecule has 7 nitrogen and oxygen atoms in total.